The highest BCUT2D eigenvalue weighted by molar-refractivity contribution is 8.00. The van der Waals surface area contributed by atoms with Crippen LogP contribution in [0.25, 0.3) is 10.9 Å². The van der Waals surface area contributed by atoms with Crippen molar-refractivity contribution in [3.05, 3.63) is 30.1 Å². The Kier molecular flexibility index (Phi) is 3.07. The van der Waals surface area contributed by atoms with Gasteiger partial charge in [0.15, 0.2) is 0 Å². The lowest BCUT2D eigenvalue weighted by molar-refractivity contribution is 1.01. The number of fused-ring (bicyclic) bond motifs is 1. The summed E-state index contributed by atoms with van der Waals surface area (Å²) in [5, 5.41) is 10.6. The summed E-state index contributed by atoms with van der Waals surface area (Å²) in [5.41, 5.74) is 0.933. The number of aryl methyl sites for hydroxylation is 1. The van der Waals surface area contributed by atoms with E-state index in [0.29, 0.717) is 0 Å². The topological polar surface area (TPSA) is 49.6 Å². The molecule has 0 radical (unpaired) electrons. The van der Waals surface area contributed by atoms with Crippen LogP contribution < -0.4 is 0 Å². The van der Waals surface area contributed by atoms with Crippen molar-refractivity contribution in [2.75, 3.05) is 0 Å². The molecular formula is C12H11N3S. The van der Waals surface area contributed by atoms with Crippen LogP contribution in [-0.4, -0.2) is 15.2 Å². The van der Waals surface area contributed by atoms with Crippen molar-refractivity contribution < 1.29 is 0 Å². The van der Waals surface area contributed by atoms with Gasteiger partial charge in [0, 0.05) is 5.39 Å². The molecule has 1 aromatic heterocycles. The highest BCUT2D eigenvalue weighted by atomic mass is 32.2. The van der Waals surface area contributed by atoms with E-state index in [0.717, 1.165) is 21.8 Å². The lowest BCUT2D eigenvalue weighted by atomic mass is 10.2. The zero-order valence-electron chi connectivity index (χ0n) is 9.14. The van der Waals surface area contributed by atoms with E-state index in [4.69, 9.17) is 5.26 Å². The van der Waals surface area contributed by atoms with Crippen molar-refractivity contribution in [2.24, 2.45) is 0 Å². The molecule has 1 unspecified atom stereocenters. The molecule has 0 saturated carbocycles. The third-order valence-corrected chi connectivity index (χ3v) is 3.14. The fourth-order valence-corrected chi connectivity index (χ4v) is 2.31. The monoisotopic (exact) mass is 229 g/mol. The van der Waals surface area contributed by atoms with Gasteiger partial charge in [0.25, 0.3) is 0 Å². The van der Waals surface area contributed by atoms with Crippen molar-refractivity contribution in [1.82, 2.24) is 9.97 Å². The van der Waals surface area contributed by atoms with Gasteiger partial charge in [0.05, 0.1) is 16.8 Å². The fourth-order valence-electron chi connectivity index (χ4n) is 1.44. The van der Waals surface area contributed by atoms with E-state index in [9.17, 15) is 0 Å². The molecule has 1 atom stereocenters. The highest BCUT2D eigenvalue weighted by Gasteiger charge is 2.09. The minimum atomic E-state index is -0.0993. The van der Waals surface area contributed by atoms with Gasteiger partial charge < -0.3 is 0 Å². The van der Waals surface area contributed by atoms with Crippen molar-refractivity contribution in [3.8, 4) is 6.07 Å². The number of rotatable bonds is 2. The molecule has 0 N–H and O–H groups in total. The third-order valence-electron chi connectivity index (χ3n) is 2.15. The highest BCUT2D eigenvalue weighted by Crippen LogP contribution is 2.27. The molecule has 0 spiro atoms. The average Bonchev–Trinajstić information content (AvgIpc) is 2.28. The van der Waals surface area contributed by atoms with Gasteiger partial charge in [-0.2, -0.15) is 5.26 Å². The Hall–Kier alpha value is -1.60. The molecule has 3 nitrogen and oxygen atoms in total. The molecular weight excluding hydrogens is 218 g/mol. The maximum Gasteiger partial charge on any atom is 0.127 e. The predicted octanol–water partition coefficient (Wildman–Crippen LogP) is 2.94. The van der Waals surface area contributed by atoms with Crippen LogP contribution in [0.4, 0.5) is 0 Å². The number of hydrogen-bond donors (Lipinski definition) is 0. The van der Waals surface area contributed by atoms with Crippen LogP contribution in [-0.2, 0) is 0 Å². The first-order valence-corrected chi connectivity index (χ1v) is 5.88. The van der Waals surface area contributed by atoms with Gasteiger partial charge in [0.1, 0.15) is 10.9 Å². The van der Waals surface area contributed by atoms with Gasteiger partial charge in [-0.15, -0.1) is 0 Å². The van der Waals surface area contributed by atoms with E-state index >= 15 is 0 Å². The molecule has 1 heterocycles. The largest absolute Gasteiger partial charge is 0.233 e. The molecule has 0 saturated heterocycles. The minimum absolute atomic E-state index is 0.0993. The number of para-hydroxylation sites is 1. The zero-order chi connectivity index (χ0) is 11.5. The first-order valence-electron chi connectivity index (χ1n) is 5.00. The Labute approximate surface area is 98.5 Å². The summed E-state index contributed by atoms with van der Waals surface area (Å²) in [6.45, 7) is 3.74. The van der Waals surface area contributed by atoms with Crippen molar-refractivity contribution in [2.45, 2.75) is 24.1 Å². The summed E-state index contributed by atoms with van der Waals surface area (Å²) < 4.78 is 0. The number of nitriles is 1. The standard InChI is InChI=1S/C12H11N3S/c1-8(7-13)16-12-10-5-3-4-6-11(10)14-9(2)15-12/h3-6,8H,1-2H3. The van der Waals surface area contributed by atoms with Gasteiger partial charge in [-0.25, -0.2) is 9.97 Å². The second-order valence-electron chi connectivity index (χ2n) is 3.48. The first kappa shape index (κ1) is 10.9. The van der Waals surface area contributed by atoms with Crippen LogP contribution in [0.5, 0.6) is 0 Å². The van der Waals surface area contributed by atoms with Gasteiger partial charge in [-0.05, 0) is 19.9 Å². The zero-order valence-corrected chi connectivity index (χ0v) is 9.95. The summed E-state index contributed by atoms with van der Waals surface area (Å²) in [5.74, 6) is 0.742. The Morgan fingerprint density at radius 2 is 2.06 bits per heavy atom. The van der Waals surface area contributed by atoms with Crippen molar-refractivity contribution in [1.29, 1.82) is 5.26 Å². The van der Waals surface area contributed by atoms with Crippen LogP contribution in [0.1, 0.15) is 12.7 Å². The molecule has 80 valence electrons. The second kappa shape index (κ2) is 4.50. The first-order chi connectivity index (χ1) is 7.70. The normalized spacial score (nSPS) is 12.3. The summed E-state index contributed by atoms with van der Waals surface area (Å²) in [6, 6.07) is 10.1. The number of nitrogens with zero attached hydrogens (tertiary/aromatic N) is 3. The van der Waals surface area contributed by atoms with Crippen LogP contribution in [0.3, 0.4) is 0 Å². The van der Waals surface area contributed by atoms with Gasteiger partial charge in [-0.3, -0.25) is 0 Å². The SMILES string of the molecule is Cc1nc(SC(C)C#N)c2ccccc2n1. The van der Waals surface area contributed by atoms with Crippen molar-refractivity contribution in [3.63, 3.8) is 0 Å². The molecule has 16 heavy (non-hydrogen) atoms. The van der Waals surface area contributed by atoms with E-state index in [-0.39, 0.29) is 5.25 Å². The Bertz CT molecular complexity index is 560. The molecule has 1 aromatic carbocycles. The Morgan fingerprint density at radius 1 is 1.31 bits per heavy atom. The molecule has 0 aliphatic heterocycles. The number of benzene rings is 1. The maximum absolute atomic E-state index is 8.82. The van der Waals surface area contributed by atoms with Crippen LogP contribution in [0.2, 0.25) is 0 Å². The van der Waals surface area contributed by atoms with Crippen LogP contribution in [0.15, 0.2) is 29.3 Å². The number of aromatic nitrogens is 2. The van der Waals surface area contributed by atoms with Crippen LogP contribution >= 0.6 is 11.8 Å². The minimum Gasteiger partial charge on any atom is -0.233 e. The molecule has 0 aliphatic carbocycles. The van der Waals surface area contributed by atoms with E-state index in [2.05, 4.69) is 16.0 Å². The Balaban J connectivity index is 2.55. The maximum atomic E-state index is 8.82. The van der Waals surface area contributed by atoms with E-state index in [1.807, 2.05) is 38.1 Å². The lowest BCUT2D eigenvalue weighted by Crippen LogP contribution is -1.96. The van der Waals surface area contributed by atoms with E-state index in [1.165, 1.54) is 11.8 Å². The number of hydrogen-bond acceptors (Lipinski definition) is 4. The summed E-state index contributed by atoms with van der Waals surface area (Å²) in [6.07, 6.45) is 0. The fraction of sp³-hybridized carbons (Fsp3) is 0.250. The van der Waals surface area contributed by atoms with Crippen molar-refractivity contribution >= 4 is 22.7 Å². The molecule has 0 amide bonds. The Morgan fingerprint density at radius 3 is 2.81 bits per heavy atom. The van der Waals surface area contributed by atoms with Gasteiger partial charge >= 0.3 is 0 Å². The smallest absolute Gasteiger partial charge is 0.127 e. The van der Waals surface area contributed by atoms with Gasteiger partial charge in [-0.1, -0.05) is 30.0 Å². The third kappa shape index (κ3) is 2.15. The quantitative estimate of drug-likeness (QED) is 0.587. The summed E-state index contributed by atoms with van der Waals surface area (Å²) >= 11 is 1.47. The molecule has 2 aromatic rings. The van der Waals surface area contributed by atoms with E-state index < -0.39 is 0 Å². The lowest BCUT2D eigenvalue weighted by Gasteiger charge is -2.06. The average molecular weight is 229 g/mol. The predicted molar refractivity (Wildman–Crippen MR) is 65.2 cm³/mol. The molecule has 2 rings (SSSR count). The number of thioether (sulfide) groups is 1. The molecule has 0 bridgehead atoms. The summed E-state index contributed by atoms with van der Waals surface area (Å²) in [7, 11) is 0. The second-order valence-corrected chi connectivity index (χ2v) is 4.81. The summed E-state index contributed by atoms with van der Waals surface area (Å²) in [4.78, 5) is 8.75. The van der Waals surface area contributed by atoms with Gasteiger partial charge in [0.2, 0.25) is 0 Å². The van der Waals surface area contributed by atoms with Crippen LogP contribution in [0, 0.1) is 18.3 Å². The molecule has 4 heteroatoms. The molecule has 0 aliphatic rings. The molecule has 0 fully saturated rings. The van der Waals surface area contributed by atoms with E-state index in [1.54, 1.807) is 0 Å².